The molecule has 4 nitrogen and oxygen atoms in total. The third kappa shape index (κ3) is 2.96. The summed E-state index contributed by atoms with van der Waals surface area (Å²) in [5, 5.41) is 14.9. The Morgan fingerprint density at radius 2 is 1.85 bits per heavy atom. The van der Waals surface area contributed by atoms with Gasteiger partial charge in [0.15, 0.2) is 0 Å². The summed E-state index contributed by atoms with van der Waals surface area (Å²) < 4.78 is 0. The topological polar surface area (TPSA) is 64.9 Å². The van der Waals surface area contributed by atoms with E-state index in [1.54, 1.807) is 19.2 Å². The van der Waals surface area contributed by atoms with Crippen molar-refractivity contribution in [3.8, 4) is 6.07 Å². The van der Waals surface area contributed by atoms with Crippen molar-refractivity contribution in [1.82, 2.24) is 5.32 Å². The van der Waals surface area contributed by atoms with E-state index in [-0.39, 0.29) is 5.91 Å². The molecule has 0 aliphatic rings. The third-order valence-corrected chi connectivity index (χ3v) is 3.01. The number of anilines is 1. The molecule has 2 aromatic rings. The van der Waals surface area contributed by atoms with Gasteiger partial charge in [0.2, 0.25) is 0 Å². The molecule has 20 heavy (non-hydrogen) atoms. The van der Waals surface area contributed by atoms with Crippen LogP contribution in [0.5, 0.6) is 0 Å². The largest absolute Gasteiger partial charge is 0.380 e. The van der Waals surface area contributed by atoms with E-state index in [2.05, 4.69) is 16.7 Å². The van der Waals surface area contributed by atoms with Crippen molar-refractivity contribution in [2.75, 3.05) is 12.4 Å². The molecule has 1 amide bonds. The van der Waals surface area contributed by atoms with Crippen molar-refractivity contribution in [2.24, 2.45) is 0 Å². The molecule has 2 aromatic carbocycles. The van der Waals surface area contributed by atoms with Crippen molar-refractivity contribution in [3.05, 3.63) is 65.2 Å². The van der Waals surface area contributed by atoms with E-state index in [1.165, 1.54) is 0 Å². The highest BCUT2D eigenvalue weighted by atomic mass is 16.1. The average molecular weight is 265 g/mol. The van der Waals surface area contributed by atoms with E-state index in [0.717, 1.165) is 11.3 Å². The van der Waals surface area contributed by atoms with Crippen molar-refractivity contribution < 1.29 is 4.79 Å². The summed E-state index contributed by atoms with van der Waals surface area (Å²) in [6.07, 6.45) is 0. The van der Waals surface area contributed by atoms with E-state index in [0.29, 0.717) is 17.7 Å². The zero-order chi connectivity index (χ0) is 14.4. The summed E-state index contributed by atoms with van der Waals surface area (Å²) in [6, 6.07) is 16.9. The van der Waals surface area contributed by atoms with Gasteiger partial charge in [-0.15, -0.1) is 0 Å². The van der Waals surface area contributed by atoms with Crippen LogP contribution in [0.1, 0.15) is 21.5 Å². The van der Waals surface area contributed by atoms with E-state index in [1.807, 2.05) is 36.4 Å². The maximum Gasteiger partial charge on any atom is 0.253 e. The summed E-state index contributed by atoms with van der Waals surface area (Å²) in [6.45, 7) is 0.498. The molecule has 4 heteroatoms. The van der Waals surface area contributed by atoms with Crippen LogP contribution in [-0.4, -0.2) is 13.0 Å². The molecule has 0 saturated heterocycles. The summed E-state index contributed by atoms with van der Waals surface area (Å²) in [5.74, 6) is -0.137. The number of nitrogens with one attached hydrogen (secondary N) is 2. The Balaban J connectivity index is 2.20. The van der Waals surface area contributed by atoms with Crippen LogP contribution in [-0.2, 0) is 6.54 Å². The van der Waals surface area contributed by atoms with Gasteiger partial charge in [0, 0.05) is 19.3 Å². The van der Waals surface area contributed by atoms with Crippen LogP contribution in [0.2, 0.25) is 0 Å². The molecule has 0 aromatic heterocycles. The SMILES string of the molecule is CNC(=O)c1ccccc1NCc1ccccc1C#N. The van der Waals surface area contributed by atoms with Gasteiger partial charge in [-0.3, -0.25) is 4.79 Å². The minimum atomic E-state index is -0.137. The van der Waals surface area contributed by atoms with Gasteiger partial charge in [-0.2, -0.15) is 5.26 Å². The number of amides is 1. The molecule has 0 spiro atoms. The maximum atomic E-state index is 11.8. The Morgan fingerprint density at radius 3 is 2.60 bits per heavy atom. The monoisotopic (exact) mass is 265 g/mol. The summed E-state index contributed by atoms with van der Waals surface area (Å²) in [7, 11) is 1.60. The van der Waals surface area contributed by atoms with Crippen LogP contribution in [0.3, 0.4) is 0 Å². The lowest BCUT2D eigenvalue weighted by atomic mass is 10.1. The van der Waals surface area contributed by atoms with Gasteiger partial charge >= 0.3 is 0 Å². The fourth-order valence-corrected chi connectivity index (χ4v) is 1.94. The van der Waals surface area contributed by atoms with Crippen molar-refractivity contribution >= 4 is 11.6 Å². The standard InChI is InChI=1S/C16H15N3O/c1-18-16(20)14-8-4-5-9-15(14)19-11-13-7-3-2-6-12(13)10-17/h2-9,19H,11H2,1H3,(H,18,20). The van der Waals surface area contributed by atoms with Gasteiger partial charge in [0.25, 0.3) is 5.91 Å². The van der Waals surface area contributed by atoms with E-state index in [4.69, 9.17) is 5.26 Å². The highest BCUT2D eigenvalue weighted by molar-refractivity contribution is 5.99. The second-order valence-corrected chi connectivity index (χ2v) is 4.25. The molecular weight excluding hydrogens is 250 g/mol. The summed E-state index contributed by atoms with van der Waals surface area (Å²) >= 11 is 0. The Kier molecular flexibility index (Phi) is 4.35. The molecule has 0 fully saturated rings. The average Bonchev–Trinajstić information content (AvgIpc) is 2.52. The fraction of sp³-hybridized carbons (Fsp3) is 0.125. The molecule has 0 bridgehead atoms. The molecule has 0 aliphatic heterocycles. The molecular formula is C16H15N3O. The molecule has 0 atom stereocenters. The van der Waals surface area contributed by atoms with Gasteiger partial charge in [-0.05, 0) is 23.8 Å². The van der Waals surface area contributed by atoms with E-state index in [9.17, 15) is 4.79 Å². The van der Waals surface area contributed by atoms with E-state index >= 15 is 0 Å². The second kappa shape index (κ2) is 6.39. The number of rotatable bonds is 4. The van der Waals surface area contributed by atoms with Crippen LogP contribution in [0, 0.1) is 11.3 Å². The number of benzene rings is 2. The lowest BCUT2D eigenvalue weighted by molar-refractivity contribution is 0.0964. The fourth-order valence-electron chi connectivity index (χ4n) is 1.94. The quantitative estimate of drug-likeness (QED) is 0.892. The number of nitrogens with zero attached hydrogens (tertiary/aromatic N) is 1. The number of hydrogen-bond donors (Lipinski definition) is 2. The van der Waals surface area contributed by atoms with Gasteiger partial charge in [0.05, 0.1) is 17.2 Å². The molecule has 0 unspecified atom stereocenters. The molecule has 0 radical (unpaired) electrons. The van der Waals surface area contributed by atoms with Gasteiger partial charge in [-0.1, -0.05) is 30.3 Å². The summed E-state index contributed by atoms with van der Waals surface area (Å²) in [5.41, 5.74) is 2.88. The number of carbonyl (C=O) groups excluding carboxylic acids is 1. The van der Waals surface area contributed by atoms with Crippen LogP contribution < -0.4 is 10.6 Å². The van der Waals surface area contributed by atoms with Crippen LogP contribution in [0.25, 0.3) is 0 Å². The van der Waals surface area contributed by atoms with Gasteiger partial charge < -0.3 is 10.6 Å². The first-order chi connectivity index (χ1) is 9.76. The van der Waals surface area contributed by atoms with Crippen LogP contribution >= 0.6 is 0 Å². The second-order valence-electron chi connectivity index (χ2n) is 4.25. The maximum absolute atomic E-state index is 11.8. The first-order valence-electron chi connectivity index (χ1n) is 6.29. The number of nitriles is 1. The molecule has 0 aliphatic carbocycles. The molecule has 0 heterocycles. The normalized spacial score (nSPS) is 9.60. The molecule has 100 valence electrons. The summed E-state index contributed by atoms with van der Waals surface area (Å²) in [4.78, 5) is 11.8. The Hall–Kier alpha value is -2.80. The Labute approximate surface area is 118 Å². The van der Waals surface area contributed by atoms with Gasteiger partial charge in [0.1, 0.15) is 0 Å². The zero-order valence-electron chi connectivity index (χ0n) is 11.2. The minimum absolute atomic E-state index is 0.137. The molecule has 0 saturated carbocycles. The lowest BCUT2D eigenvalue weighted by Gasteiger charge is -2.11. The van der Waals surface area contributed by atoms with Crippen molar-refractivity contribution in [2.45, 2.75) is 6.54 Å². The molecule has 2 N–H and O–H groups in total. The van der Waals surface area contributed by atoms with E-state index < -0.39 is 0 Å². The lowest BCUT2D eigenvalue weighted by Crippen LogP contribution is -2.19. The number of hydrogen-bond acceptors (Lipinski definition) is 3. The first kappa shape index (κ1) is 13.6. The highest BCUT2D eigenvalue weighted by Crippen LogP contribution is 2.17. The zero-order valence-corrected chi connectivity index (χ0v) is 11.2. The number of para-hydroxylation sites is 1. The number of carbonyl (C=O) groups is 1. The first-order valence-corrected chi connectivity index (χ1v) is 6.29. The van der Waals surface area contributed by atoms with Crippen molar-refractivity contribution in [1.29, 1.82) is 5.26 Å². The van der Waals surface area contributed by atoms with Crippen molar-refractivity contribution in [3.63, 3.8) is 0 Å². The Morgan fingerprint density at radius 1 is 1.15 bits per heavy atom. The predicted octanol–water partition coefficient (Wildman–Crippen LogP) is 2.53. The van der Waals surface area contributed by atoms with Gasteiger partial charge in [-0.25, -0.2) is 0 Å². The Bertz CT molecular complexity index is 659. The predicted molar refractivity (Wildman–Crippen MR) is 78.3 cm³/mol. The van der Waals surface area contributed by atoms with Crippen LogP contribution in [0.15, 0.2) is 48.5 Å². The van der Waals surface area contributed by atoms with Crippen LogP contribution in [0.4, 0.5) is 5.69 Å². The minimum Gasteiger partial charge on any atom is -0.380 e. The smallest absolute Gasteiger partial charge is 0.253 e. The third-order valence-electron chi connectivity index (χ3n) is 3.01. The molecule has 2 rings (SSSR count). The highest BCUT2D eigenvalue weighted by Gasteiger charge is 2.09.